The Labute approximate surface area is 162 Å². The molecule has 0 aliphatic carbocycles. The summed E-state index contributed by atoms with van der Waals surface area (Å²) >= 11 is 0. The largest absolute Gasteiger partial charge is 0.504 e. The molecule has 3 amide bonds. The molecule has 0 radical (unpaired) electrons. The highest BCUT2D eigenvalue weighted by Gasteiger charge is 2.49. The molecule has 0 unspecified atom stereocenters. The molecule has 146 valence electrons. The zero-order valence-corrected chi connectivity index (χ0v) is 15.8. The molecule has 0 aromatic heterocycles. The monoisotopic (exact) mass is 383 g/mol. The number of urea groups is 1. The van der Waals surface area contributed by atoms with E-state index in [9.17, 15) is 14.7 Å². The molecule has 3 rings (SSSR count). The Morgan fingerprint density at radius 3 is 2.57 bits per heavy atom. The molecule has 2 aromatic carbocycles. The Hall–Kier alpha value is -3.55. The van der Waals surface area contributed by atoms with Crippen LogP contribution in [0.5, 0.6) is 17.2 Å². The van der Waals surface area contributed by atoms with Crippen molar-refractivity contribution in [1.29, 1.82) is 0 Å². The van der Waals surface area contributed by atoms with Crippen LogP contribution in [0.15, 0.2) is 47.6 Å². The average molecular weight is 383 g/mol. The van der Waals surface area contributed by atoms with Crippen LogP contribution < -0.4 is 14.8 Å². The number of methoxy groups -OCH3 is 1. The van der Waals surface area contributed by atoms with E-state index in [2.05, 4.69) is 10.4 Å². The summed E-state index contributed by atoms with van der Waals surface area (Å²) in [6.45, 7) is 3.81. The van der Waals surface area contributed by atoms with E-state index >= 15 is 0 Å². The number of amides is 3. The number of aromatic hydroxyl groups is 1. The number of rotatable bonds is 6. The summed E-state index contributed by atoms with van der Waals surface area (Å²) in [5, 5.41) is 17.2. The van der Waals surface area contributed by atoms with Crippen molar-refractivity contribution in [1.82, 2.24) is 10.3 Å². The number of nitrogens with one attached hydrogen (secondary N) is 1. The van der Waals surface area contributed by atoms with Gasteiger partial charge in [0, 0.05) is 0 Å². The highest BCUT2D eigenvalue weighted by atomic mass is 16.5. The van der Waals surface area contributed by atoms with Crippen LogP contribution in [-0.4, -0.2) is 42.0 Å². The third-order valence-corrected chi connectivity index (χ3v) is 4.44. The molecule has 1 saturated heterocycles. The minimum atomic E-state index is -1.23. The van der Waals surface area contributed by atoms with Gasteiger partial charge in [-0.15, -0.1) is 5.01 Å². The van der Waals surface area contributed by atoms with Crippen molar-refractivity contribution < 1.29 is 24.2 Å². The lowest BCUT2D eigenvalue weighted by Crippen LogP contribution is -2.40. The van der Waals surface area contributed by atoms with E-state index in [4.69, 9.17) is 9.47 Å². The van der Waals surface area contributed by atoms with E-state index in [0.717, 1.165) is 5.01 Å². The first-order chi connectivity index (χ1) is 13.4. The van der Waals surface area contributed by atoms with Crippen molar-refractivity contribution in [3.8, 4) is 17.2 Å². The van der Waals surface area contributed by atoms with Gasteiger partial charge in [-0.3, -0.25) is 4.79 Å². The van der Waals surface area contributed by atoms with Crippen LogP contribution in [0.4, 0.5) is 4.79 Å². The van der Waals surface area contributed by atoms with Gasteiger partial charge < -0.3 is 19.9 Å². The molecule has 1 heterocycles. The molecule has 1 aliphatic heterocycles. The van der Waals surface area contributed by atoms with Crippen LogP contribution >= 0.6 is 0 Å². The van der Waals surface area contributed by atoms with Gasteiger partial charge in [-0.1, -0.05) is 12.1 Å². The van der Waals surface area contributed by atoms with Crippen molar-refractivity contribution in [2.24, 2.45) is 5.10 Å². The second kappa shape index (κ2) is 7.59. The van der Waals surface area contributed by atoms with Gasteiger partial charge in [0.05, 0.1) is 19.9 Å². The molecular formula is C20H21N3O5. The summed E-state index contributed by atoms with van der Waals surface area (Å²) in [7, 11) is 1.55. The van der Waals surface area contributed by atoms with E-state index < -0.39 is 17.5 Å². The van der Waals surface area contributed by atoms with Crippen molar-refractivity contribution in [2.75, 3.05) is 13.7 Å². The smallest absolute Gasteiger partial charge is 0.346 e. The molecule has 2 aromatic rings. The number of carbonyl (C=O) groups is 2. The Morgan fingerprint density at radius 2 is 1.93 bits per heavy atom. The van der Waals surface area contributed by atoms with Gasteiger partial charge >= 0.3 is 6.03 Å². The predicted octanol–water partition coefficient (Wildman–Crippen LogP) is 2.60. The normalized spacial score (nSPS) is 19.2. The predicted molar refractivity (Wildman–Crippen MR) is 103 cm³/mol. The molecular weight excluding hydrogens is 362 g/mol. The summed E-state index contributed by atoms with van der Waals surface area (Å²) in [4.78, 5) is 25.2. The number of hydrazone groups is 1. The third-order valence-electron chi connectivity index (χ3n) is 4.44. The molecule has 1 aliphatic rings. The number of ether oxygens (including phenoxy) is 2. The molecule has 0 saturated carbocycles. The van der Waals surface area contributed by atoms with Crippen molar-refractivity contribution in [3.63, 3.8) is 0 Å². The average Bonchev–Trinajstić information content (AvgIpc) is 2.92. The van der Waals surface area contributed by atoms with E-state index in [-0.39, 0.29) is 5.75 Å². The fourth-order valence-corrected chi connectivity index (χ4v) is 2.86. The number of benzene rings is 2. The Kier molecular flexibility index (Phi) is 5.21. The number of imide groups is 1. The quantitative estimate of drug-likeness (QED) is 0.590. The Balaban J connectivity index is 1.83. The molecule has 0 spiro atoms. The van der Waals surface area contributed by atoms with Crippen molar-refractivity contribution >= 4 is 18.2 Å². The molecule has 8 heteroatoms. The maximum Gasteiger partial charge on any atom is 0.346 e. The van der Waals surface area contributed by atoms with Gasteiger partial charge in [0.2, 0.25) is 0 Å². The van der Waals surface area contributed by atoms with Crippen LogP contribution in [-0.2, 0) is 10.3 Å². The van der Waals surface area contributed by atoms with Crippen LogP contribution in [0.25, 0.3) is 0 Å². The zero-order valence-electron chi connectivity index (χ0n) is 15.8. The minimum Gasteiger partial charge on any atom is -0.504 e. The molecule has 28 heavy (non-hydrogen) atoms. The summed E-state index contributed by atoms with van der Waals surface area (Å²) in [6.07, 6.45) is 1.36. The Bertz CT molecular complexity index is 926. The maximum atomic E-state index is 12.9. The van der Waals surface area contributed by atoms with E-state index in [1.807, 2.05) is 0 Å². The van der Waals surface area contributed by atoms with Gasteiger partial charge in [0.15, 0.2) is 11.5 Å². The summed E-state index contributed by atoms with van der Waals surface area (Å²) in [5.41, 5.74) is -0.0425. The van der Waals surface area contributed by atoms with Crippen LogP contribution in [0, 0.1) is 0 Å². The first-order valence-corrected chi connectivity index (χ1v) is 8.70. The van der Waals surface area contributed by atoms with Gasteiger partial charge in [-0.25, -0.2) is 4.79 Å². The zero-order chi connectivity index (χ0) is 20.3. The molecule has 2 N–H and O–H groups in total. The van der Waals surface area contributed by atoms with Crippen LogP contribution in [0.1, 0.15) is 25.0 Å². The topological polar surface area (TPSA) is 100 Å². The fraction of sp³-hybridized carbons (Fsp3) is 0.250. The first-order valence-electron chi connectivity index (χ1n) is 8.70. The lowest BCUT2D eigenvalue weighted by molar-refractivity contribution is -0.131. The van der Waals surface area contributed by atoms with E-state index in [1.165, 1.54) is 12.3 Å². The first kappa shape index (κ1) is 19.2. The summed E-state index contributed by atoms with van der Waals surface area (Å²) in [5.74, 6) is 0.451. The van der Waals surface area contributed by atoms with Gasteiger partial charge in [0.25, 0.3) is 5.91 Å². The second-order valence-electron chi connectivity index (χ2n) is 6.31. The minimum absolute atomic E-state index is 0.000993. The summed E-state index contributed by atoms with van der Waals surface area (Å²) in [6, 6.07) is 10.9. The number of phenols is 1. The van der Waals surface area contributed by atoms with Crippen LogP contribution in [0.2, 0.25) is 0 Å². The lowest BCUT2D eigenvalue weighted by Gasteiger charge is -2.21. The Morgan fingerprint density at radius 1 is 1.21 bits per heavy atom. The summed E-state index contributed by atoms with van der Waals surface area (Å²) < 4.78 is 10.4. The standard InChI is InChI=1S/C20H21N3O5/c1-4-28-17-11-13(5-10-16(17)24)12-21-23-18(25)20(2,22-19(23)26)14-6-8-15(27-3)9-7-14/h5-12,24H,4H2,1-3H3,(H,22,26)/b21-12+/t20-/m1/s1. The van der Waals surface area contributed by atoms with E-state index in [1.54, 1.807) is 57.4 Å². The SMILES string of the molecule is CCOc1cc(/C=N/N2C(=O)N[C@](C)(c3ccc(OC)cc3)C2=O)ccc1O. The number of hydrogen-bond donors (Lipinski definition) is 2. The molecule has 1 fully saturated rings. The number of hydrogen-bond acceptors (Lipinski definition) is 6. The number of carbonyl (C=O) groups excluding carboxylic acids is 2. The van der Waals surface area contributed by atoms with E-state index in [0.29, 0.717) is 29.2 Å². The number of phenolic OH excluding ortho intramolecular Hbond substituents is 1. The fourth-order valence-electron chi connectivity index (χ4n) is 2.86. The van der Waals surface area contributed by atoms with Crippen molar-refractivity contribution in [3.05, 3.63) is 53.6 Å². The molecule has 1 atom stereocenters. The second-order valence-corrected chi connectivity index (χ2v) is 6.31. The highest BCUT2D eigenvalue weighted by molar-refractivity contribution is 6.07. The highest BCUT2D eigenvalue weighted by Crippen LogP contribution is 2.30. The maximum absolute atomic E-state index is 12.9. The number of nitrogens with zero attached hydrogens (tertiary/aromatic N) is 2. The van der Waals surface area contributed by atoms with Gasteiger partial charge in [-0.2, -0.15) is 5.10 Å². The van der Waals surface area contributed by atoms with Gasteiger partial charge in [-0.05, 0) is 55.3 Å². The van der Waals surface area contributed by atoms with Gasteiger partial charge in [0.1, 0.15) is 11.3 Å². The molecule has 0 bridgehead atoms. The third kappa shape index (κ3) is 3.48. The molecule has 8 nitrogen and oxygen atoms in total. The van der Waals surface area contributed by atoms with Crippen molar-refractivity contribution in [2.45, 2.75) is 19.4 Å². The van der Waals surface area contributed by atoms with Crippen LogP contribution in [0.3, 0.4) is 0 Å². The lowest BCUT2D eigenvalue weighted by atomic mass is 9.92.